The Morgan fingerprint density at radius 2 is 1.88 bits per heavy atom. The second-order valence-electron chi connectivity index (χ2n) is 3.56. The summed E-state index contributed by atoms with van der Waals surface area (Å²) in [6.07, 6.45) is 0.497. The topological polar surface area (TPSA) is 92.4 Å². The molecule has 0 spiro atoms. The number of hydrogen-bond acceptors (Lipinski definition) is 4. The third-order valence-electron chi connectivity index (χ3n) is 2.05. The summed E-state index contributed by atoms with van der Waals surface area (Å²) in [4.78, 5) is 0. The first-order valence-corrected chi connectivity index (χ1v) is 6.68. The maximum Gasteiger partial charge on any atom is 0.209 e. The zero-order valence-electron chi connectivity index (χ0n) is 8.89. The van der Waals surface area contributed by atoms with Crippen LogP contribution in [0.2, 0.25) is 0 Å². The quantitative estimate of drug-likeness (QED) is 0.621. The van der Waals surface area contributed by atoms with Gasteiger partial charge in [-0.25, -0.2) is 13.6 Å². The van der Waals surface area contributed by atoms with E-state index in [1.54, 1.807) is 12.1 Å². The molecule has 1 aromatic rings. The molecule has 0 saturated carbocycles. The molecule has 6 heteroatoms. The Balaban J connectivity index is 2.19. The fraction of sp³-hybridized carbons (Fsp3) is 0.400. The van der Waals surface area contributed by atoms with Gasteiger partial charge in [0.15, 0.2) is 0 Å². The highest BCUT2D eigenvalue weighted by molar-refractivity contribution is 7.89. The lowest BCUT2D eigenvalue weighted by Crippen LogP contribution is -2.21. The van der Waals surface area contributed by atoms with Crippen molar-refractivity contribution in [3.05, 3.63) is 29.8 Å². The molecule has 16 heavy (non-hydrogen) atoms. The number of aromatic hydroxyl groups is 1. The van der Waals surface area contributed by atoms with Crippen molar-refractivity contribution in [2.75, 3.05) is 12.3 Å². The molecule has 90 valence electrons. The molecule has 5 nitrogen and oxygen atoms in total. The number of nitrogens with two attached hydrogens (primary N) is 1. The molecule has 0 aliphatic carbocycles. The first kappa shape index (κ1) is 13.0. The van der Waals surface area contributed by atoms with Crippen LogP contribution in [0.5, 0.6) is 5.75 Å². The fourth-order valence-electron chi connectivity index (χ4n) is 1.24. The molecular weight excluding hydrogens is 228 g/mol. The lowest BCUT2D eigenvalue weighted by Gasteiger charge is -2.04. The Bertz CT molecular complexity index is 414. The van der Waals surface area contributed by atoms with Crippen molar-refractivity contribution in [2.24, 2.45) is 5.14 Å². The van der Waals surface area contributed by atoms with Gasteiger partial charge in [-0.2, -0.15) is 0 Å². The number of benzene rings is 1. The van der Waals surface area contributed by atoms with Gasteiger partial charge in [-0.3, -0.25) is 0 Å². The van der Waals surface area contributed by atoms with Gasteiger partial charge in [-0.1, -0.05) is 12.1 Å². The molecular formula is C10H16N2O3S. The lowest BCUT2D eigenvalue weighted by molar-refractivity contribution is 0.475. The van der Waals surface area contributed by atoms with Crippen molar-refractivity contribution >= 4 is 10.0 Å². The number of phenolic OH excluding ortho intramolecular Hbond substituents is 1. The predicted molar refractivity (Wildman–Crippen MR) is 62.4 cm³/mol. The highest BCUT2D eigenvalue weighted by atomic mass is 32.2. The standard InChI is InChI=1S/C10H16N2O3S/c11-16(14,15)7-1-6-12-8-9-2-4-10(13)5-3-9/h2-5,12-13H,1,6-8H2,(H2,11,14,15). The van der Waals surface area contributed by atoms with E-state index in [-0.39, 0.29) is 11.5 Å². The maximum absolute atomic E-state index is 10.6. The van der Waals surface area contributed by atoms with Gasteiger partial charge in [0.2, 0.25) is 10.0 Å². The molecule has 0 aromatic heterocycles. The number of nitrogens with one attached hydrogen (secondary N) is 1. The molecule has 0 fully saturated rings. The van der Waals surface area contributed by atoms with Crippen LogP contribution >= 0.6 is 0 Å². The Kier molecular flexibility index (Phi) is 4.72. The van der Waals surface area contributed by atoms with E-state index < -0.39 is 10.0 Å². The van der Waals surface area contributed by atoms with Crippen LogP contribution in [0.1, 0.15) is 12.0 Å². The number of hydrogen-bond donors (Lipinski definition) is 3. The molecule has 0 heterocycles. The smallest absolute Gasteiger partial charge is 0.209 e. The minimum Gasteiger partial charge on any atom is -0.508 e. The number of phenols is 1. The summed E-state index contributed by atoms with van der Waals surface area (Å²) < 4.78 is 21.2. The molecule has 0 saturated heterocycles. The summed E-state index contributed by atoms with van der Waals surface area (Å²) in [5, 5.41) is 17.0. The van der Waals surface area contributed by atoms with Gasteiger partial charge in [0.1, 0.15) is 5.75 Å². The Hall–Kier alpha value is -1.11. The number of sulfonamides is 1. The van der Waals surface area contributed by atoms with Crippen molar-refractivity contribution in [3.63, 3.8) is 0 Å². The van der Waals surface area contributed by atoms with Crippen molar-refractivity contribution in [3.8, 4) is 5.75 Å². The van der Waals surface area contributed by atoms with Crippen LogP contribution in [0, 0.1) is 0 Å². The molecule has 1 aromatic carbocycles. The third-order valence-corrected chi connectivity index (χ3v) is 2.91. The average Bonchev–Trinajstić information content (AvgIpc) is 2.19. The molecule has 0 aliphatic heterocycles. The SMILES string of the molecule is NS(=O)(=O)CCCNCc1ccc(O)cc1. The van der Waals surface area contributed by atoms with E-state index in [4.69, 9.17) is 10.2 Å². The average molecular weight is 244 g/mol. The monoisotopic (exact) mass is 244 g/mol. The Morgan fingerprint density at radius 1 is 1.25 bits per heavy atom. The predicted octanol–water partition coefficient (Wildman–Crippen LogP) is 0.160. The van der Waals surface area contributed by atoms with Crippen LogP contribution < -0.4 is 10.5 Å². The van der Waals surface area contributed by atoms with Crippen molar-refractivity contribution in [1.82, 2.24) is 5.32 Å². The van der Waals surface area contributed by atoms with Gasteiger partial charge in [-0.15, -0.1) is 0 Å². The molecule has 0 radical (unpaired) electrons. The van der Waals surface area contributed by atoms with Gasteiger partial charge in [0, 0.05) is 6.54 Å². The summed E-state index contributed by atoms with van der Waals surface area (Å²) in [5.74, 6) is 0.230. The van der Waals surface area contributed by atoms with Gasteiger partial charge in [0.05, 0.1) is 5.75 Å². The molecule has 4 N–H and O–H groups in total. The highest BCUT2D eigenvalue weighted by Crippen LogP contribution is 2.08. The minimum atomic E-state index is -3.35. The first-order chi connectivity index (χ1) is 7.47. The van der Waals surface area contributed by atoms with Crippen LogP contribution in [0.25, 0.3) is 0 Å². The van der Waals surface area contributed by atoms with E-state index in [1.807, 2.05) is 12.1 Å². The molecule has 0 bridgehead atoms. The molecule has 0 amide bonds. The van der Waals surface area contributed by atoms with Crippen LogP contribution in [-0.4, -0.2) is 25.8 Å². The summed E-state index contributed by atoms with van der Waals surface area (Å²) in [6.45, 7) is 1.24. The minimum absolute atomic E-state index is 0.00439. The first-order valence-electron chi connectivity index (χ1n) is 4.96. The van der Waals surface area contributed by atoms with E-state index in [0.29, 0.717) is 19.5 Å². The molecule has 0 atom stereocenters. The molecule has 0 unspecified atom stereocenters. The largest absolute Gasteiger partial charge is 0.508 e. The van der Waals surface area contributed by atoms with Crippen LogP contribution in [0.15, 0.2) is 24.3 Å². The van der Waals surface area contributed by atoms with Gasteiger partial charge in [0.25, 0.3) is 0 Å². The van der Waals surface area contributed by atoms with E-state index in [9.17, 15) is 8.42 Å². The molecule has 1 rings (SSSR count). The van der Waals surface area contributed by atoms with Crippen LogP contribution in [0.3, 0.4) is 0 Å². The fourth-order valence-corrected chi connectivity index (χ4v) is 1.79. The van der Waals surface area contributed by atoms with Crippen molar-refractivity contribution in [2.45, 2.75) is 13.0 Å². The van der Waals surface area contributed by atoms with E-state index in [1.165, 1.54) is 0 Å². The second kappa shape index (κ2) is 5.83. The zero-order valence-corrected chi connectivity index (χ0v) is 9.70. The summed E-state index contributed by atoms with van der Waals surface area (Å²) in [6, 6.07) is 6.84. The number of rotatable bonds is 6. The van der Waals surface area contributed by atoms with Crippen LogP contribution in [-0.2, 0) is 16.6 Å². The van der Waals surface area contributed by atoms with E-state index >= 15 is 0 Å². The maximum atomic E-state index is 10.6. The highest BCUT2D eigenvalue weighted by Gasteiger charge is 2.01. The molecule has 0 aliphatic rings. The van der Waals surface area contributed by atoms with Crippen molar-refractivity contribution in [1.29, 1.82) is 0 Å². The zero-order chi connectivity index (χ0) is 12.0. The van der Waals surface area contributed by atoms with Gasteiger partial charge >= 0.3 is 0 Å². The summed E-state index contributed by atoms with van der Waals surface area (Å²) in [7, 11) is -3.35. The van der Waals surface area contributed by atoms with Gasteiger partial charge < -0.3 is 10.4 Å². The third kappa shape index (κ3) is 5.69. The van der Waals surface area contributed by atoms with Crippen LogP contribution in [0.4, 0.5) is 0 Å². The lowest BCUT2D eigenvalue weighted by atomic mass is 10.2. The summed E-state index contributed by atoms with van der Waals surface area (Å²) >= 11 is 0. The van der Waals surface area contributed by atoms with Crippen molar-refractivity contribution < 1.29 is 13.5 Å². The van der Waals surface area contributed by atoms with Gasteiger partial charge in [-0.05, 0) is 30.7 Å². The Morgan fingerprint density at radius 3 is 2.44 bits per heavy atom. The van der Waals surface area contributed by atoms with E-state index in [0.717, 1.165) is 5.56 Å². The Labute approximate surface area is 95.3 Å². The number of primary sulfonamides is 1. The normalized spacial score (nSPS) is 11.6. The second-order valence-corrected chi connectivity index (χ2v) is 5.30. The van der Waals surface area contributed by atoms with E-state index in [2.05, 4.69) is 5.32 Å². The summed E-state index contributed by atoms with van der Waals surface area (Å²) in [5.41, 5.74) is 1.04.